The van der Waals surface area contributed by atoms with Gasteiger partial charge in [-0.2, -0.15) is 0 Å². The summed E-state index contributed by atoms with van der Waals surface area (Å²) in [6.45, 7) is 10.4. The molecule has 0 spiro atoms. The molecule has 0 saturated heterocycles. The molecule has 0 bridgehead atoms. The van der Waals surface area contributed by atoms with Crippen molar-refractivity contribution in [2.24, 2.45) is 0 Å². The van der Waals surface area contributed by atoms with Gasteiger partial charge in [0.05, 0.1) is 0 Å². The molecule has 3 aromatic carbocycles. The predicted octanol–water partition coefficient (Wildman–Crippen LogP) is 6.08. The van der Waals surface area contributed by atoms with E-state index >= 15 is 0 Å². The van der Waals surface area contributed by atoms with Crippen LogP contribution in [0.4, 0.5) is 5.69 Å². The van der Waals surface area contributed by atoms with Crippen molar-refractivity contribution in [3.8, 4) is 0 Å². The molecule has 0 heterocycles. The second-order valence-electron chi connectivity index (χ2n) is 8.49. The summed E-state index contributed by atoms with van der Waals surface area (Å²) in [5.41, 5.74) is 5.82. The number of aryl methyl sites for hydroxylation is 2. The third kappa shape index (κ3) is 4.80. The zero-order valence-corrected chi connectivity index (χ0v) is 17.7. The summed E-state index contributed by atoms with van der Waals surface area (Å²) in [5, 5.41) is 2.89. The van der Waals surface area contributed by atoms with Crippen molar-refractivity contribution < 1.29 is 9.59 Å². The molecule has 3 nitrogen and oxygen atoms in total. The van der Waals surface area contributed by atoms with E-state index in [4.69, 9.17) is 0 Å². The number of ketones is 1. The summed E-state index contributed by atoms with van der Waals surface area (Å²) in [5.74, 6) is -0.250. The first-order chi connectivity index (χ1) is 13.6. The summed E-state index contributed by atoms with van der Waals surface area (Å²) < 4.78 is 0. The Morgan fingerprint density at radius 1 is 0.724 bits per heavy atom. The Kier molecular flexibility index (Phi) is 5.69. The molecule has 0 unspecified atom stereocenters. The Bertz CT molecular complexity index is 1060. The van der Waals surface area contributed by atoms with Crippen LogP contribution in [0.3, 0.4) is 0 Å². The number of rotatable bonds is 4. The van der Waals surface area contributed by atoms with Crippen molar-refractivity contribution in [3.05, 3.63) is 100 Å². The van der Waals surface area contributed by atoms with Crippen LogP contribution in [0.5, 0.6) is 0 Å². The lowest BCUT2D eigenvalue weighted by Crippen LogP contribution is -2.13. The lowest BCUT2D eigenvalue weighted by Gasteiger charge is -2.19. The molecule has 3 rings (SSSR count). The van der Waals surface area contributed by atoms with Gasteiger partial charge < -0.3 is 5.32 Å². The van der Waals surface area contributed by atoms with Gasteiger partial charge in [0.1, 0.15) is 0 Å². The lowest BCUT2D eigenvalue weighted by atomic mass is 9.86. The normalized spacial score (nSPS) is 11.2. The van der Waals surface area contributed by atoms with Gasteiger partial charge in [0.25, 0.3) is 5.91 Å². The molecular formula is C26H27NO2. The van der Waals surface area contributed by atoms with E-state index in [-0.39, 0.29) is 17.1 Å². The second-order valence-corrected chi connectivity index (χ2v) is 8.49. The topological polar surface area (TPSA) is 46.2 Å². The first-order valence-electron chi connectivity index (χ1n) is 9.79. The van der Waals surface area contributed by atoms with Crippen LogP contribution in [0.25, 0.3) is 0 Å². The SMILES string of the molecule is Cc1ccc(C(=O)Nc2cccc(C(=O)c3ccc(C(C)(C)C)cc3)c2)cc1C. The van der Waals surface area contributed by atoms with E-state index in [0.29, 0.717) is 22.4 Å². The minimum Gasteiger partial charge on any atom is -0.322 e. The Hall–Kier alpha value is -3.20. The van der Waals surface area contributed by atoms with Crippen LogP contribution in [0, 0.1) is 13.8 Å². The first kappa shape index (κ1) is 20.5. The zero-order chi connectivity index (χ0) is 21.2. The maximum atomic E-state index is 12.9. The monoisotopic (exact) mass is 385 g/mol. The van der Waals surface area contributed by atoms with E-state index in [9.17, 15) is 9.59 Å². The van der Waals surface area contributed by atoms with E-state index in [0.717, 1.165) is 11.1 Å². The van der Waals surface area contributed by atoms with Gasteiger partial charge in [0.2, 0.25) is 0 Å². The highest BCUT2D eigenvalue weighted by atomic mass is 16.1. The van der Waals surface area contributed by atoms with Crippen molar-refractivity contribution >= 4 is 17.4 Å². The average molecular weight is 386 g/mol. The molecule has 1 N–H and O–H groups in total. The lowest BCUT2D eigenvalue weighted by molar-refractivity contribution is 0.102. The van der Waals surface area contributed by atoms with E-state index in [2.05, 4.69) is 26.1 Å². The fourth-order valence-electron chi connectivity index (χ4n) is 3.11. The van der Waals surface area contributed by atoms with Crippen molar-refractivity contribution in [1.82, 2.24) is 0 Å². The molecule has 0 aliphatic heterocycles. The molecule has 0 aromatic heterocycles. The summed E-state index contributed by atoms with van der Waals surface area (Å²) >= 11 is 0. The van der Waals surface area contributed by atoms with Gasteiger partial charge in [-0.25, -0.2) is 0 Å². The molecule has 1 amide bonds. The van der Waals surface area contributed by atoms with Gasteiger partial charge in [-0.15, -0.1) is 0 Å². The van der Waals surface area contributed by atoms with Crippen LogP contribution in [0.15, 0.2) is 66.7 Å². The third-order valence-electron chi connectivity index (χ3n) is 5.16. The minimum atomic E-state index is -0.188. The van der Waals surface area contributed by atoms with Crippen LogP contribution >= 0.6 is 0 Å². The Labute approximate surface area is 172 Å². The molecule has 3 aromatic rings. The number of nitrogens with one attached hydrogen (secondary N) is 1. The first-order valence-corrected chi connectivity index (χ1v) is 9.79. The highest BCUT2D eigenvalue weighted by molar-refractivity contribution is 6.10. The molecule has 148 valence electrons. The van der Waals surface area contributed by atoms with Crippen LogP contribution < -0.4 is 5.32 Å². The van der Waals surface area contributed by atoms with Crippen LogP contribution in [0.2, 0.25) is 0 Å². The third-order valence-corrected chi connectivity index (χ3v) is 5.16. The van der Waals surface area contributed by atoms with Gasteiger partial charge in [0.15, 0.2) is 5.78 Å². The van der Waals surface area contributed by atoms with Crippen molar-refractivity contribution in [2.75, 3.05) is 5.32 Å². The molecule has 0 aliphatic rings. The summed E-state index contributed by atoms with van der Waals surface area (Å²) in [6, 6.07) is 20.4. The number of anilines is 1. The number of benzene rings is 3. The quantitative estimate of drug-likeness (QED) is 0.553. The molecule has 0 atom stereocenters. The maximum Gasteiger partial charge on any atom is 0.255 e. The molecule has 3 heteroatoms. The molecule has 0 radical (unpaired) electrons. The van der Waals surface area contributed by atoms with E-state index in [1.54, 1.807) is 24.3 Å². The highest BCUT2D eigenvalue weighted by Crippen LogP contribution is 2.23. The van der Waals surface area contributed by atoms with Gasteiger partial charge in [-0.05, 0) is 60.2 Å². The largest absolute Gasteiger partial charge is 0.322 e. The van der Waals surface area contributed by atoms with Gasteiger partial charge >= 0.3 is 0 Å². The molecular weight excluding hydrogens is 358 g/mol. The highest BCUT2D eigenvalue weighted by Gasteiger charge is 2.16. The van der Waals surface area contributed by atoms with Crippen LogP contribution in [0.1, 0.15) is 63.7 Å². The summed E-state index contributed by atoms with van der Waals surface area (Å²) in [4.78, 5) is 25.4. The van der Waals surface area contributed by atoms with Gasteiger partial charge in [0, 0.05) is 22.4 Å². The fraction of sp³-hybridized carbons (Fsp3) is 0.231. The van der Waals surface area contributed by atoms with Crippen LogP contribution in [-0.4, -0.2) is 11.7 Å². The molecule has 0 fully saturated rings. The van der Waals surface area contributed by atoms with Crippen molar-refractivity contribution in [3.63, 3.8) is 0 Å². The van der Waals surface area contributed by atoms with E-state index in [1.807, 2.05) is 56.3 Å². The fourth-order valence-corrected chi connectivity index (χ4v) is 3.11. The molecule has 0 aliphatic carbocycles. The standard InChI is InChI=1S/C26H27NO2/c1-17-9-10-21(15-18(17)2)25(29)27-23-8-6-7-20(16-23)24(28)19-11-13-22(14-12-19)26(3,4)5/h6-16H,1-5H3,(H,27,29). The van der Waals surface area contributed by atoms with Gasteiger partial charge in [-0.3, -0.25) is 9.59 Å². The van der Waals surface area contributed by atoms with Crippen molar-refractivity contribution in [2.45, 2.75) is 40.0 Å². The van der Waals surface area contributed by atoms with Crippen LogP contribution in [-0.2, 0) is 5.41 Å². The maximum absolute atomic E-state index is 12.9. The second kappa shape index (κ2) is 8.04. The Balaban J connectivity index is 1.79. The zero-order valence-electron chi connectivity index (χ0n) is 17.7. The Morgan fingerprint density at radius 3 is 2.00 bits per heavy atom. The summed E-state index contributed by atoms with van der Waals surface area (Å²) in [7, 11) is 0. The minimum absolute atomic E-state index is 0.0418. The number of amides is 1. The number of hydrogen-bond donors (Lipinski definition) is 1. The average Bonchev–Trinajstić information content (AvgIpc) is 2.69. The number of carbonyl (C=O) groups excluding carboxylic acids is 2. The number of carbonyl (C=O) groups is 2. The van der Waals surface area contributed by atoms with Crippen molar-refractivity contribution in [1.29, 1.82) is 0 Å². The molecule has 0 saturated carbocycles. The predicted molar refractivity (Wildman–Crippen MR) is 119 cm³/mol. The number of hydrogen-bond acceptors (Lipinski definition) is 2. The molecule has 29 heavy (non-hydrogen) atoms. The van der Waals surface area contributed by atoms with E-state index < -0.39 is 0 Å². The smallest absolute Gasteiger partial charge is 0.255 e. The van der Waals surface area contributed by atoms with E-state index in [1.165, 1.54) is 5.56 Å². The summed E-state index contributed by atoms with van der Waals surface area (Å²) in [6.07, 6.45) is 0. The Morgan fingerprint density at radius 2 is 1.38 bits per heavy atom. The van der Waals surface area contributed by atoms with Gasteiger partial charge in [-0.1, -0.05) is 63.2 Å².